The summed E-state index contributed by atoms with van der Waals surface area (Å²) in [6.45, 7) is 5.10. The molecule has 3 aromatic rings. The van der Waals surface area contributed by atoms with Crippen LogP contribution in [-0.4, -0.2) is 44.4 Å². The minimum Gasteiger partial charge on any atom is -0.508 e. The number of hydrogen-bond acceptors (Lipinski definition) is 7. The Kier molecular flexibility index (Phi) is 3.88. The number of hydrogen-bond donors (Lipinski definition) is 3. The Balaban J connectivity index is 2.02. The van der Waals surface area contributed by atoms with Crippen molar-refractivity contribution in [2.75, 3.05) is 23.7 Å². The quantitative estimate of drug-likeness (QED) is 0.649. The lowest BCUT2D eigenvalue weighted by Crippen LogP contribution is -2.22. The number of pyridine rings is 1. The lowest BCUT2D eigenvalue weighted by Gasteiger charge is -2.20. The van der Waals surface area contributed by atoms with Crippen LogP contribution in [0.2, 0.25) is 0 Å². The third-order valence-electron chi connectivity index (χ3n) is 5.01. The number of nitrogens with zero attached hydrogens (tertiary/aromatic N) is 4. The van der Waals surface area contributed by atoms with Crippen LogP contribution in [0.1, 0.15) is 17.5 Å². The molecular weight excluding hydrogens is 330 g/mol. The van der Waals surface area contributed by atoms with Crippen LogP contribution >= 0.6 is 0 Å². The van der Waals surface area contributed by atoms with Gasteiger partial charge in [0.05, 0.1) is 11.8 Å². The summed E-state index contributed by atoms with van der Waals surface area (Å²) in [4.78, 5) is 15.4. The second-order valence-corrected chi connectivity index (χ2v) is 6.77. The third kappa shape index (κ3) is 2.61. The van der Waals surface area contributed by atoms with Gasteiger partial charge in [-0.25, -0.2) is 15.0 Å². The molecule has 7 nitrogen and oxygen atoms in total. The van der Waals surface area contributed by atoms with Gasteiger partial charge in [0.15, 0.2) is 0 Å². The van der Waals surface area contributed by atoms with Gasteiger partial charge in [0.25, 0.3) is 0 Å². The van der Waals surface area contributed by atoms with Gasteiger partial charge >= 0.3 is 0 Å². The van der Waals surface area contributed by atoms with E-state index in [0.717, 1.165) is 34.4 Å². The molecule has 2 aromatic heterocycles. The van der Waals surface area contributed by atoms with Gasteiger partial charge < -0.3 is 20.8 Å². The van der Waals surface area contributed by atoms with E-state index in [1.807, 2.05) is 30.9 Å². The molecule has 0 bridgehead atoms. The predicted molar refractivity (Wildman–Crippen MR) is 101 cm³/mol. The highest BCUT2D eigenvalue weighted by molar-refractivity contribution is 5.99. The monoisotopic (exact) mass is 351 g/mol. The van der Waals surface area contributed by atoms with Crippen molar-refractivity contribution in [2.45, 2.75) is 26.4 Å². The minimum absolute atomic E-state index is 0.213. The number of aromatic hydroxyl groups is 1. The highest BCUT2D eigenvalue weighted by atomic mass is 16.3. The van der Waals surface area contributed by atoms with Crippen LogP contribution in [0.15, 0.2) is 24.5 Å². The highest BCUT2D eigenvalue weighted by Crippen LogP contribution is 2.37. The molecular formula is C19H21N5O2. The van der Waals surface area contributed by atoms with Crippen molar-refractivity contribution in [3.05, 3.63) is 35.7 Å². The Labute approximate surface area is 151 Å². The molecule has 1 saturated heterocycles. The van der Waals surface area contributed by atoms with Crippen LogP contribution in [0.3, 0.4) is 0 Å². The van der Waals surface area contributed by atoms with Gasteiger partial charge in [-0.2, -0.15) is 0 Å². The first kappa shape index (κ1) is 16.5. The molecule has 0 radical (unpaired) electrons. The summed E-state index contributed by atoms with van der Waals surface area (Å²) in [6, 6.07) is 5.42. The number of benzene rings is 1. The molecule has 0 aliphatic carbocycles. The summed E-state index contributed by atoms with van der Waals surface area (Å²) in [5.41, 5.74) is 10.0. The maximum atomic E-state index is 10.2. The summed E-state index contributed by atoms with van der Waals surface area (Å²) < 4.78 is 0. The third-order valence-corrected chi connectivity index (χ3v) is 5.01. The van der Waals surface area contributed by atoms with Gasteiger partial charge in [-0.1, -0.05) is 6.07 Å². The molecule has 26 heavy (non-hydrogen) atoms. The molecule has 1 fully saturated rings. The van der Waals surface area contributed by atoms with Crippen LogP contribution < -0.4 is 10.6 Å². The molecule has 4 rings (SSSR count). The van der Waals surface area contributed by atoms with Gasteiger partial charge in [-0.3, -0.25) is 0 Å². The van der Waals surface area contributed by atoms with Gasteiger partial charge in [0, 0.05) is 29.6 Å². The fourth-order valence-electron chi connectivity index (χ4n) is 3.56. The van der Waals surface area contributed by atoms with Crippen LogP contribution in [0.4, 0.5) is 11.6 Å². The topological polar surface area (TPSA) is 108 Å². The van der Waals surface area contributed by atoms with E-state index >= 15 is 0 Å². The summed E-state index contributed by atoms with van der Waals surface area (Å²) in [7, 11) is 0. The van der Waals surface area contributed by atoms with Crippen molar-refractivity contribution >= 4 is 22.5 Å². The Morgan fingerprint density at radius 1 is 1.23 bits per heavy atom. The molecule has 1 aromatic carbocycles. The maximum Gasteiger partial charge on any atom is 0.134 e. The zero-order valence-corrected chi connectivity index (χ0v) is 14.8. The number of aromatic nitrogens is 3. The fraction of sp³-hybridized carbons (Fsp3) is 0.316. The number of nitrogen functional groups attached to an aromatic ring is 1. The number of fused-ring (bicyclic) bond motifs is 1. The molecule has 0 saturated carbocycles. The standard InChI is InChI=1S/C19H21N5O2/c1-10-3-4-14(26)11(2)16(10)18-17-13(19(20)22-9-21-17)7-15(23-18)24-6-5-12(25)8-24/h3-4,7,9,12,25-26H,5-6,8H2,1-2H3,(H2,20,21,22). The smallest absolute Gasteiger partial charge is 0.134 e. The van der Waals surface area contributed by atoms with Crippen molar-refractivity contribution in [1.29, 1.82) is 0 Å². The van der Waals surface area contributed by atoms with Crippen molar-refractivity contribution in [2.24, 2.45) is 0 Å². The van der Waals surface area contributed by atoms with E-state index in [4.69, 9.17) is 10.7 Å². The number of nitrogens with two attached hydrogens (primary N) is 1. The summed E-state index contributed by atoms with van der Waals surface area (Å²) in [5.74, 6) is 1.33. The van der Waals surface area contributed by atoms with E-state index in [9.17, 15) is 10.2 Å². The molecule has 0 amide bonds. The van der Waals surface area contributed by atoms with E-state index in [0.29, 0.717) is 30.0 Å². The molecule has 0 spiro atoms. The molecule has 134 valence electrons. The van der Waals surface area contributed by atoms with Crippen molar-refractivity contribution in [3.63, 3.8) is 0 Å². The van der Waals surface area contributed by atoms with Gasteiger partial charge in [0.1, 0.15) is 29.2 Å². The average Bonchev–Trinajstić information content (AvgIpc) is 3.05. The first-order valence-electron chi connectivity index (χ1n) is 8.59. The number of β-amino-alcohol motifs (C(OH)–C–C–N with tert-alkyl or cyclic N) is 1. The Bertz CT molecular complexity index is 1000. The second-order valence-electron chi connectivity index (χ2n) is 6.77. The van der Waals surface area contributed by atoms with Gasteiger partial charge in [-0.15, -0.1) is 0 Å². The normalized spacial score (nSPS) is 17.2. The molecule has 4 N–H and O–H groups in total. The highest BCUT2D eigenvalue weighted by Gasteiger charge is 2.24. The average molecular weight is 351 g/mol. The van der Waals surface area contributed by atoms with Crippen molar-refractivity contribution < 1.29 is 10.2 Å². The van der Waals surface area contributed by atoms with E-state index in [1.165, 1.54) is 6.33 Å². The van der Waals surface area contributed by atoms with Crippen molar-refractivity contribution in [1.82, 2.24) is 15.0 Å². The molecule has 7 heteroatoms. The van der Waals surface area contributed by atoms with Crippen LogP contribution in [-0.2, 0) is 0 Å². The molecule has 1 atom stereocenters. The minimum atomic E-state index is -0.357. The van der Waals surface area contributed by atoms with Crippen LogP contribution in [0.5, 0.6) is 5.75 Å². The summed E-state index contributed by atoms with van der Waals surface area (Å²) >= 11 is 0. The van der Waals surface area contributed by atoms with Crippen LogP contribution in [0.25, 0.3) is 22.2 Å². The number of phenolic OH excluding ortho intramolecular Hbond substituents is 1. The number of aryl methyl sites for hydroxylation is 1. The lowest BCUT2D eigenvalue weighted by atomic mass is 9.97. The SMILES string of the molecule is Cc1ccc(O)c(C)c1-c1nc(N2CCC(O)C2)cc2c(N)ncnc12. The molecule has 1 aliphatic rings. The molecule has 1 aliphatic heterocycles. The Morgan fingerprint density at radius 3 is 2.77 bits per heavy atom. The Morgan fingerprint density at radius 2 is 2.04 bits per heavy atom. The van der Waals surface area contributed by atoms with Crippen LogP contribution in [0, 0.1) is 13.8 Å². The zero-order chi connectivity index (χ0) is 18.4. The first-order chi connectivity index (χ1) is 12.5. The van der Waals surface area contributed by atoms with E-state index < -0.39 is 0 Å². The number of aliphatic hydroxyl groups excluding tert-OH is 1. The molecule has 1 unspecified atom stereocenters. The number of aliphatic hydroxyl groups is 1. The van der Waals surface area contributed by atoms with Crippen molar-refractivity contribution in [3.8, 4) is 17.0 Å². The second kappa shape index (κ2) is 6.10. The lowest BCUT2D eigenvalue weighted by molar-refractivity contribution is 0.198. The summed E-state index contributed by atoms with van der Waals surface area (Å²) in [6.07, 6.45) is 1.78. The van der Waals surface area contributed by atoms with Gasteiger partial charge in [-0.05, 0) is 38.0 Å². The fourth-order valence-corrected chi connectivity index (χ4v) is 3.56. The van der Waals surface area contributed by atoms with Gasteiger partial charge in [0.2, 0.25) is 0 Å². The number of anilines is 2. The zero-order valence-electron chi connectivity index (χ0n) is 14.8. The van der Waals surface area contributed by atoms with E-state index in [2.05, 4.69) is 9.97 Å². The largest absolute Gasteiger partial charge is 0.508 e. The predicted octanol–water partition coefficient (Wildman–Crippen LogP) is 2.17. The maximum absolute atomic E-state index is 10.2. The van der Waals surface area contributed by atoms with E-state index in [1.54, 1.807) is 6.07 Å². The number of phenols is 1. The molecule has 3 heterocycles. The number of rotatable bonds is 2. The first-order valence-corrected chi connectivity index (χ1v) is 8.59. The Hall–Kier alpha value is -2.93. The van der Waals surface area contributed by atoms with E-state index in [-0.39, 0.29) is 11.9 Å². The summed E-state index contributed by atoms with van der Waals surface area (Å²) in [5, 5.41) is 20.8.